The van der Waals surface area contributed by atoms with Gasteiger partial charge in [-0.05, 0) is 25.3 Å². The van der Waals surface area contributed by atoms with E-state index < -0.39 is 22.8 Å². The minimum atomic E-state index is -0.840. The fourth-order valence-electron chi connectivity index (χ4n) is 3.12. The zero-order valence-electron chi connectivity index (χ0n) is 16.6. The Morgan fingerprint density at radius 3 is 2.32 bits per heavy atom. The van der Waals surface area contributed by atoms with Gasteiger partial charge in [-0.2, -0.15) is 0 Å². The molecule has 1 heterocycles. The Bertz CT molecular complexity index is 869. The summed E-state index contributed by atoms with van der Waals surface area (Å²) < 4.78 is 10.3. The van der Waals surface area contributed by atoms with Gasteiger partial charge >= 0.3 is 11.9 Å². The van der Waals surface area contributed by atoms with E-state index in [1.165, 1.54) is 25.3 Å². The summed E-state index contributed by atoms with van der Waals surface area (Å²) >= 11 is 0. The summed E-state index contributed by atoms with van der Waals surface area (Å²) in [4.78, 5) is 36.0. The molecule has 0 radical (unpaired) electrons. The van der Waals surface area contributed by atoms with Gasteiger partial charge in [0.25, 0.3) is 5.69 Å². The van der Waals surface area contributed by atoms with Crippen LogP contribution in [0.3, 0.4) is 0 Å². The smallest absolute Gasteiger partial charge is 0.336 e. The molecule has 1 aromatic rings. The molecule has 0 aromatic heterocycles. The van der Waals surface area contributed by atoms with Gasteiger partial charge in [0, 0.05) is 23.5 Å². The maximum Gasteiger partial charge on any atom is 0.336 e. The Hall–Kier alpha value is -3.16. The van der Waals surface area contributed by atoms with Gasteiger partial charge in [0.2, 0.25) is 0 Å². The van der Waals surface area contributed by atoms with Gasteiger partial charge < -0.3 is 14.8 Å². The number of esters is 2. The third-order valence-corrected chi connectivity index (χ3v) is 4.35. The van der Waals surface area contributed by atoms with E-state index in [1.54, 1.807) is 19.9 Å². The van der Waals surface area contributed by atoms with Crippen LogP contribution in [0.15, 0.2) is 46.8 Å². The Labute approximate surface area is 163 Å². The van der Waals surface area contributed by atoms with E-state index in [0.29, 0.717) is 17.0 Å². The van der Waals surface area contributed by atoms with Crippen LogP contribution in [0.4, 0.5) is 5.69 Å². The number of nitrogens with zero attached hydrogens (tertiary/aromatic N) is 1. The number of carbonyl (C=O) groups is 2. The number of ether oxygens (including phenoxy) is 2. The van der Waals surface area contributed by atoms with Crippen LogP contribution in [0.2, 0.25) is 0 Å². The van der Waals surface area contributed by atoms with Gasteiger partial charge in [0.05, 0.1) is 35.7 Å². The lowest BCUT2D eigenvalue weighted by atomic mass is 9.80. The van der Waals surface area contributed by atoms with Gasteiger partial charge in [-0.3, -0.25) is 10.1 Å². The van der Waals surface area contributed by atoms with Crippen LogP contribution >= 0.6 is 0 Å². The highest BCUT2D eigenvalue weighted by Crippen LogP contribution is 2.40. The molecule has 1 aliphatic heterocycles. The average molecular weight is 388 g/mol. The number of methoxy groups -OCH3 is 1. The predicted molar refractivity (Wildman–Crippen MR) is 102 cm³/mol. The first-order valence-electron chi connectivity index (χ1n) is 8.85. The normalized spacial score (nSPS) is 16.7. The van der Waals surface area contributed by atoms with Crippen LogP contribution in [0.1, 0.15) is 39.2 Å². The van der Waals surface area contributed by atoms with E-state index in [-0.39, 0.29) is 29.4 Å². The maximum atomic E-state index is 12.8. The topological polar surface area (TPSA) is 108 Å². The Kier molecular flexibility index (Phi) is 6.56. The van der Waals surface area contributed by atoms with E-state index in [0.717, 1.165) is 0 Å². The first-order chi connectivity index (χ1) is 13.2. The predicted octanol–water partition coefficient (Wildman–Crippen LogP) is 3.20. The Morgan fingerprint density at radius 2 is 1.79 bits per heavy atom. The maximum absolute atomic E-state index is 12.8. The molecule has 1 aromatic carbocycles. The molecule has 0 saturated heterocycles. The molecule has 0 fully saturated rings. The summed E-state index contributed by atoms with van der Waals surface area (Å²) in [7, 11) is 1.25. The molecule has 0 amide bonds. The van der Waals surface area contributed by atoms with Crippen molar-refractivity contribution in [2.24, 2.45) is 5.92 Å². The fraction of sp³-hybridized carbons (Fsp3) is 0.400. The molecule has 0 bridgehead atoms. The summed E-state index contributed by atoms with van der Waals surface area (Å²) in [6.07, 6.45) is 0. The van der Waals surface area contributed by atoms with E-state index in [1.807, 2.05) is 13.8 Å². The van der Waals surface area contributed by atoms with Gasteiger partial charge in [-0.25, -0.2) is 9.59 Å². The fourth-order valence-corrected chi connectivity index (χ4v) is 3.12. The molecule has 8 heteroatoms. The molecule has 1 N–H and O–H groups in total. The van der Waals surface area contributed by atoms with Crippen molar-refractivity contribution in [1.82, 2.24) is 5.32 Å². The third-order valence-electron chi connectivity index (χ3n) is 4.35. The summed E-state index contributed by atoms with van der Waals surface area (Å²) in [5, 5.41) is 14.2. The highest BCUT2D eigenvalue weighted by atomic mass is 16.6. The summed E-state index contributed by atoms with van der Waals surface area (Å²) in [5.41, 5.74) is 1.78. The number of rotatable bonds is 6. The van der Waals surface area contributed by atoms with Gasteiger partial charge in [-0.15, -0.1) is 0 Å². The first kappa shape index (κ1) is 21.1. The minimum absolute atomic E-state index is 0.134. The van der Waals surface area contributed by atoms with Crippen molar-refractivity contribution in [3.63, 3.8) is 0 Å². The Balaban J connectivity index is 2.63. The highest BCUT2D eigenvalue weighted by molar-refractivity contribution is 5.99. The molecule has 150 valence electrons. The second-order valence-corrected chi connectivity index (χ2v) is 6.97. The monoisotopic (exact) mass is 388 g/mol. The molecule has 1 aliphatic rings. The average Bonchev–Trinajstić information content (AvgIpc) is 2.65. The van der Waals surface area contributed by atoms with E-state index in [2.05, 4.69) is 5.32 Å². The molecule has 8 nitrogen and oxygen atoms in total. The molecular weight excluding hydrogens is 364 g/mol. The first-order valence-corrected chi connectivity index (χ1v) is 8.85. The Morgan fingerprint density at radius 1 is 1.18 bits per heavy atom. The lowest BCUT2D eigenvalue weighted by Gasteiger charge is -2.30. The zero-order chi connectivity index (χ0) is 21.0. The number of allylic oxidation sites excluding steroid dienone is 2. The van der Waals surface area contributed by atoms with Crippen molar-refractivity contribution in [2.75, 3.05) is 13.7 Å². The number of non-ortho nitro benzene ring substituents is 1. The number of nitrogens with one attached hydrogen (secondary N) is 1. The van der Waals surface area contributed by atoms with Crippen LogP contribution in [-0.4, -0.2) is 30.6 Å². The van der Waals surface area contributed by atoms with Crippen molar-refractivity contribution in [1.29, 1.82) is 0 Å². The SMILES string of the molecule is COC(=O)C1=C(C)NC(C)=C(C(=O)OCC(C)C)[C@H]1c1cccc([N+](=O)[O-])c1. The van der Waals surface area contributed by atoms with Gasteiger partial charge in [0.15, 0.2) is 0 Å². The number of nitro groups is 1. The number of benzene rings is 1. The van der Waals surface area contributed by atoms with Crippen LogP contribution in [0.5, 0.6) is 0 Å². The lowest BCUT2D eigenvalue weighted by Crippen LogP contribution is -2.32. The second-order valence-electron chi connectivity index (χ2n) is 6.97. The van der Waals surface area contributed by atoms with Crippen molar-refractivity contribution in [3.8, 4) is 0 Å². The van der Waals surface area contributed by atoms with E-state index >= 15 is 0 Å². The molecule has 2 rings (SSSR count). The largest absolute Gasteiger partial charge is 0.466 e. The van der Waals surface area contributed by atoms with E-state index in [9.17, 15) is 19.7 Å². The van der Waals surface area contributed by atoms with Gasteiger partial charge in [-0.1, -0.05) is 26.0 Å². The second kappa shape index (κ2) is 8.69. The zero-order valence-corrected chi connectivity index (χ0v) is 16.6. The molecular formula is C20H24N2O6. The number of dihydropyridines is 1. The highest BCUT2D eigenvalue weighted by Gasteiger charge is 2.38. The molecule has 0 unspecified atom stereocenters. The van der Waals surface area contributed by atoms with Crippen LogP contribution < -0.4 is 5.32 Å². The number of hydrogen-bond donors (Lipinski definition) is 1. The molecule has 28 heavy (non-hydrogen) atoms. The summed E-state index contributed by atoms with van der Waals surface area (Å²) in [5.74, 6) is -1.91. The minimum Gasteiger partial charge on any atom is -0.466 e. The van der Waals surface area contributed by atoms with Crippen LogP contribution in [0, 0.1) is 16.0 Å². The number of hydrogen-bond acceptors (Lipinski definition) is 7. The third kappa shape index (κ3) is 4.39. The van der Waals surface area contributed by atoms with Gasteiger partial charge in [0.1, 0.15) is 0 Å². The lowest BCUT2D eigenvalue weighted by molar-refractivity contribution is -0.384. The van der Waals surface area contributed by atoms with Crippen molar-refractivity contribution in [3.05, 3.63) is 62.5 Å². The van der Waals surface area contributed by atoms with Crippen molar-refractivity contribution in [2.45, 2.75) is 33.6 Å². The molecule has 1 atom stereocenters. The van der Waals surface area contributed by atoms with Crippen LogP contribution in [0.25, 0.3) is 0 Å². The summed E-state index contributed by atoms with van der Waals surface area (Å²) in [6.45, 7) is 7.43. The number of nitro benzene ring substituents is 1. The van der Waals surface area contributed by atoms with Crippen molar-refractivity contribution >= 4 is 17.6 Å². The number of carbonyl (C=O) groups excluding carboxylic acids is 2. The van der Waals surface area contributed by atoms with Crippen LogP contribution in [-0.2, 0) is 19.1 Å². The standard InChI is InChI=1S/C20H24N2O6/c1-11(2)10-28-20(24)17-13(4)21-12(3)16(19(23)27-5)18(17)14-7-6-8-15(9-14)22(25)26/h6-9,11,18,21H,10H2,1-5H3/t18-/m0/s1. The van der Waals surface area contributed by atoms with Crippen molar-refractivity contribution < 1.29 is 24.0 Å². The molecule has 0 spiro atoms. The summed E-state index contributed by atoms with van der Waals surface area (Å²) in [6, 6.07) is 5.87. The van der Waals surface area contributed by atoms with E-state index in [4.69, 9.17) is 9.47 Å². The quantitative estimate of drug-likeness (QED) is 0.453. The molecule has 0 saturated carbocycles. The molecule has 0 aliphatic carbocycles.